The first-order valence-corrected chi connectivity index (χ1v) is 16.1. The van der Waals surface area contributed by atoms with Crippen LogP contribution < -0.4 is 0 Å². The molecule has 0 fully saturated rings. The fourth-order valence-electron chi connectivity index (χ4n) is 5.84. The molecule has 2 aliphatic heterocycles. The van der Waals surface area contributed by atoms with Crippen LogP contribution in [0.5, 0.6) is 0 Å². The second-order valence-electron chi connectivity index (χ2n) is 12.7. The second-order valence-corrected chi connectivity index (χ2v) is 12.7. The molecule has 2 aliphatic rings. The second kappa shape index (κ2) is 14.2. The van der Waals surface area contributed by atoms with Gasteiger partial charge in [0.25, 0.3) is 11.8 Å². The standard InChI is InChI=1S/C34H26F18N2O2/c1-3-5-15-53-23(17-7-11-19(12-8-17)27(35,36)29(39,40)31(43,44)33(47,48)49)21-22(25(53)55)24(54(26(21)56)16-6-4-2)18-9-13-20(14-10-18)28(37,38)30(41,42)32(45,46)34(50,51)52/h7-14H,3-6,15-16H2,1-2H3. The first kappa shape index (κ1) is 44.3. The van der Waals surface area contributed by atoms with Crippen LogP contribution in [0.3, 0.4) is 0 Å². The van der Waals surface area contributed by atoms with Crippen molar-refractivity contribution in [3.05, 3.63) is 81.9 Å². The van der Waals surface area contributed by atoms with Gasteiger partial charge in [0, 0.05) is 24.2 Å². The summed E-state index contributed by atoms with van der Waals surface area (Å²) in [5.74, 6) is -42.8. The number of rotatable bonds is 14. The highest BCUT2D eigenvalue weighted by Gasteiger charge is 2.83. The summed E-state index contributed by atoms with van der Waals surface area (Å²) in [4.78, 5) is 29.7. The number of carbonyl (C=O) groups is 2. The molecule has 0 unspecified atom stereocenters. The summed E-state index contributed by atoms with van der Waals surface area (Å²) in [5.41, 5.74) is -6.74. The molecule has 56 heavy (non-hydrogen) atoms. The summed E-state index contributed by atoms with van der Waals surface area (Å²) in [6.45, 7) is 2.76. The average Bonchev–Trinajstić information content (AvgIpc) is 3.54. The zero-order valence-corrected chi connectivity index (χ0v) is 28.4. The molecule has 0 N–H and O–H groups in total. The fraction of sp³-hybridized carbons (Fsp3) is 0.471. The van der Waals surface area contributed by atoms with Crippen molar-refractivity contribution in [2.24, 2.45) is 0 Å². The number of hydrogen-bond acceptors (Lipinski definition) is 2. The van der Waals surface area contributed by atoms with Crippen molar-refractivity contribution in [1.29, 1.82) is 0 Å². The van der Waals surface area contributed by atoms with E-state index in [1.54, 1.807) is 13.8 Å². The van der Waals surface area contributed by atoms with Crippen LogP contribution in [0.2, 0.25) is 0 Å². The number of fused-ring (bicyclic) bond motifs is 1. The van der Waals surface area contributed by atoms with E-state index in [9.17, 15) is 88.6 Å². The zero-order valence-electron chi connectivity index (χ0n) is 28.4. The number of unbranched alkanes of at least 4 members (excludes halogenated alkanes) is 2. The van der Waals surface area contributed by atoms with Crippen molar-refractivity contribution < 1.29 is 88.6 Å². The maximum absolute atomic E-state index is 14.7. The lowest BCUT2D eigenvalue weighted by Gasteiger charge is -2.34. The smallest absolute Gasteiger partial charge is 0.307 e. The van der Waals surface area contributed by atoms with Crippen molar-refractivity contribution in [1.82, 2.24) is 9.80 Å². The van der Waals surface area contributed by atoms with Crippen molar-refractivity contribution in [2.45, 2.75) is 87.4 Å². The van der Waals surface area contributed by atoms with Gasteiger partial charge in [-0.05, 0) is 24.0 Å². The van der Waals surface area contributed by atoms with Crippen LogP contribution >= 0.6 is 0 Å². The van der Waals surface area contributed by atoms with Crippen LogP contribution in [0.4, 0.5) is 79.0 Å². The maximum Gasteiger partial charge on any atom is 0.460 e. The highest BCUT2D eigenvalue weighted by Crippen LogP contribution is 2.58. The molecular weight excluding hydrogens is 810 g/mol. The van der Waals surface area contributed by atoms with E-state index in [1.807, 2.05) is 0 Å². The van der Waals surface area contributed by atoms with Crippen LogP contribution in [-0.2, 0) is 21.4 Å². The van der Waals surface area contributed by atoms with Gasteiger partial charge in [-0.15, -0.1) is 0 Å². The lowest BCUT2D eigenvalue weighted by Crippen LogP contribution is -2.59. The molecule has 0 spiro atoms. The van der Waals surface area contributed by atoms with Crippen molar-refractivity contribution >= 4 is 23.2 Å². The van der Waals surface area contributed by atoms with Crippen LogP contribution in [0.1, 0.15) is 61.8 Å². The monoisotopic (exact) mass is 836 g/mol. The van der Waals surface area contributed by atoms with E-state index in [0.29, 0.717) is 37.1 Å². The Morgan fingerprint density at radius 2 is 0.696 bits per heavy atom. The predicted molar refractivity (Wildman–Crippen MR) is 160 cm³/mol. The third kappa shape index (κ3) is 6.56. The first-order chi connectivity index (χ1) is 25.4. The highest BCUT2D eigenvalue weighted by molar-refractivity contribution is 6.30. The Labute approximate surface area is 304 Å². The molecule has 2 amide bonds. The van der Waals surface area contributed by atoms with E-state index in [-0.39, 0.29) is 50.2 Å². The molecule has 0 saturated carbocycles. The van der Waals surface area contributed by atoms with Crippen LogP contribution in [-0.4, -0.2) is 70.7 Å². The molecule has 0 bridgehead atoms. The third-order valence-corrected chi connectivity index (χ3v) is 8.98. The Balaban J connectivity index is 1.90. The minimum Gasteiger partial charge on any atom is -0.307 e. The topological polar surface area (TPSA) is 40.6 Å². The van der Waals surface area contributed by atoms with Gasteiger partial charge in [0.1, 0.15) is 0 Å². The molecule has 310 valence electrons. The summed E-state index contributed by atoms with van der Waals surface area (Å²) in [6.07, 6.45) is -13.2. The molecule has 0 radical (unpaired) electrons. The molecule has 0 atom stereocenters. The van der Waals surface area contributed by atoms with Crippen LogP contribution in [0, 0.1) is 0 Å². The number of benzene rings is 2. The van der Waals surface area contributed by atoms with Gasteiger partial charge in [-0.2, -0.15) is 79.0 Å². The van der Waals surface area contributed by atoms with Gasteiger partial charge in [0.2, 0.25) is 0 Å². The van der Waals surface area contributed by atoms with E-state index in [2.05, 4.69) is 0 Å². The summed E-state index contributed by atoms with van der Waals surface area (Å²) < 4.78 is 246. The third-order valence-electron chi connectivity index (χ3n) is 8.98. The van der Waals surface area contributed by atoms with Crippen LogP contribution in [0.25, 0.3) is 11.4 Å². The van der Waals surface area contributed by atoms with E-state index in [4.69, 9.17) is 0 Å². The average molecular weight is 837 g/mol. The van der Waals surface area contributed by atoms with E-state index < -0.39 is 104 Å². The van der Waals surface area contributed by atoms with Gasteiger partial charge in [-0.3, -0.25) is 9.59 Å². The molecule has 2 aromatic carbocycles. The lowest BCUT2D eigenvalue weighted by molar-refractivity contribution is -0.399. The molecule has 2 heterocycles. The SMILES string of the molecule is CCCCN1C(=O)C2=C(c3ccc(C(F)(F)C(F)(F)C(F)(F)C(F)(F)F)cc3)N(CCCC)C(=O)C2=C1c1ccc(C(F)(F)C(F)(F)C(F)(F)C(F)(F)F)cc1. The van der Waals surface area contributed by atoms with Gasteiger partial charge in [-0.1, -0.05) is 75.2 Å². The maximum atomic E-state index is 14.7. The van der Waals surface area contributed by atoms with E-state index in [1.165, 1.54) is 0 Å². The Morgan fingerprint density at radius 3 is 0.929 bits per heavy atom. The van der Waals surface area contributed by atoms with Gasteiger partial charge in [-0.25, -0.2) is 0 Å². The molecule has 4 nitrogen and oxygen atoms in total. The number of alkyl halides is 18. The molecular formula is C34H26F18N2O2. The van der Waals surface area contributed by atoms with Crippen molar-refractivity contribution in [3.8, 4) is 0 Å². The Kier molecular flexibility index (Phi) is 11.2. The molecule has 2 aromatic rings. The Hall–Kier alpha value is -4.40. The number of hydrogen-bond donors (Lipinski definition) is 0. The summed E-state index contributed by atoms with van der Waals surface area (Å²) in [6, 6.07) is 2.32. The fourth-order valence-corrected chi connectivity index (χ4v) is 5.84. The van der Waals surface area contributed by atoms with E-state index >= 15 is 0 Å². The van der Waals surface area contributed by atoms with Gasteiger partial charge >= 0.3 is 47.9 Å². The summed E-state index contributed by atoms with van der Waals surface area (Å²) >= 11 is 0. The molecule has 22 heteroatoms. The number of amides is 2. The summed E-state index contributed by atoms with van der Waals surface area (Å²) in [7, 11) is 0. The molecule has 0 saturated heterocycles. The minimum atomic E-state index is -7.21. The predicted octanol–water partition coefficient (Wildman–Crippen LogP) is 10.9. The highest BCUT2D eigenvalue weighted by atomic mass is 19.4. The number of carbonyl (C=O) groups excluding carboxylic acids is 2. The van der Waals surface area contributed by atoms with Gasteiger partial charge in [0.15, 0.2) is 0 Å². The van der Waals surface area contributed by atoms with Crippen molar-refractivity contribution in [2.75, 3.05) is 13.1 Å². The van der Waals surface area contributed by atoms with Gasteiger partial charge < -0.3 is 9.80 Å². The Morgan fingerprint density at radius 1 is 0.429 bits per heavy atom. The normalized spacial score (nSPS) is 16.9. The number of halogens is 18. The van der Waals surface area contributed by atoms with Crippen molar-refractivity contribution in [3.63, 3.8) is 0 Å². The zero-order chi connectivity index (χ0) is 42.8. The largest absolute Gasteiger partial charge is 0.460 e. The molecule has 0 aromatic heterocycles. The quantitative estimate of drug-likeness (QED) is 0.178. The minimum absolute atomic E-state index is 0.0552. The number of nitrogens with zero attached hydrogens (tertiary/aromatic N) is 2. The van der Waals surface area contributed by atoms with Crippen LogP contribution in [0.15, 0.2) is 59.7 Å². The summed E-state index contributed by atoms with van der Waals surface area (Å²) in [5, 5.41) is 0. The molecule has 4 rings (SSSR count). The first-order valence-electron chi connectivity index (χ1n) is 16.1. The van der Waals surface area contributed by atoms with Gasteiger partial charge in [0.05, 0.1) is 22.5 Å². The molecule has 0 aliphatic carbocycles. The lowest BCUT2D eigenvalue weighted by atomic mass is 9.94. The van der Waals surface area contributed by atoms with E-state index in [0.717, 1.165) is 9.80 Å². The Bertz CT molecular complexity index is 1760.